The van der Waals surface area contributed by atoms with E-state index in [0.29, 0.717) is 5.69 Å². The van der Waals surface area contributed by atoms with Crippen molar-refractivity contribution in [2.45, 2.75) is 18.6 Å². The summed E-state index contributed by atoms with van der Waals surface area (Å²) in [6.45, 7) is -0.481. The Morgan fingerprint density at radius 3 is 2.52 bits per heavy atom. The van der Waals surface area contributed by atoms with Crippen molar-refractivity contribution >= 4 is 13.8 Å². The van der Waals surface area contributed by atoms with Gasteiger partial charge in [-0.05, 0) is 24.3 Å². The molecule has 1 aromatic heterocycles. The predicted octanol–water partition coefficient (Wildman–Crippen LogP) is 1.11. The number of aliphatic hydroxyl groups is 1. The number of benzene rings is 1. The second kappa shape index (κ2) is 6.82. The van der Waals surface area contributed by atoms with Crippen molar-refractivity contribution in [2.75, 3.05) is 6.54 Å². The molecule has 120 valence electrons. The van der Waals surface area contributed by atoms with Crippen molar-refractivity contribution in [3.05, 3.63) is 41.7 Å². The van der Waals surface area contributed by atoms with E-state index in [1.165, 1.54) is 23.0 Å². The quantitative estimate of drug-likeness (QED) is 0.808. The maximum Gasteiger partial charge on any atom is 0.390 e. The van der Waals surface area contributed by atoms with Crippen LogP contribution in [0.25, 0.3) is 5.69 Å². The number of carbonyl (C=O) groups excluding carboxylic acids is 1. The van der Waals surface area contributed by atoms with Crippen LogP contribution >= 0.6 is 0 Å². The van der Waals surface area contributed by atoms with E-state index in [9.17, 15) is 18.0 Å². The van der Waals surface area contributed by atoms with Crippen molar-refractivity contribution < 1.29 is 23.1 Å². The lowest BCUT2D eigenvalue weighted by Crippen LogP contribution is -2.27. The molecule has 1 unspecified atom stereocenters. The van der Waals surface area contributed by atoms with E-state index in [2.05, 4.69) is 15.6 Å². The molecule has 0 saturated heterocycles. The summed E-state index contributed by atoms with van der Waals surface area (Å²) in [6.07, 6.45) is -3.97. The Hall–Kier alpha value is -2.36. The molecule has 0 bridgehead atoms. The third-order valence-electron chi connectivity index (χ3n) is 2.90. The van der Waals surface area contributed by atoms with Gasteiger partial charge in [0.1, 0.15) is 13.5 Å². The molecule has 2 radical (unpaired) electrons. The van der Waals surface area contributed by atoms with E-state index in [4.69, 9.17) is 13.0 Å². The van der Waals surface area contributed by atoms with Crippen LogP contribution in [0.15, 0.2) is 30.5 Å². The molecule has 0 aliphatic carbocycles. The summed E-state index contributed by atoms with van der Waals surface area (Å²) in [5.74, 6) is -0.600. The van der Waals surface area contributed by atoms with Crippen molar-refractivity contribution in [3.8, 4) is 5.69 Å². The summed E-state index contributed by atoms with van der Waals surface area (Å²) in [6, 6.07) is 4.72. The van der Waals surface area contributed by atoms with Crippen LogP contribution in [0.3, 0.4) is 0 Å². The molecule has 0 aliphatic rings. The molecule has 2 rings (SSSR count). The average Bonchev–Trinajstić information content (AvgIpc) is 2.96. The Morgan fingerprint density at radius 1 is 1.35 bits per heavy atom. The fraction of sp³-hybridized carbons (Fsp3) is 0.308. The first-order chi connectivity index (χ1) is 10.8. The van der Waals surface area contributed by atoms with E-state index in [0.717, 1.165) is 0 Å². The largest absolute Gasteiger partial charge is 0.397 e. The van der Waals surface area contributed by atoms with Gasteiger partial charge >= 0.3 is 6.18 Å². The van der Waals surface area contributed by atoms with E-state index in [1.54, 1.807) is 12.1 Å². The minimum Gasteiger partial charge on any atom is -0.397 e. The Morgan fingerprint density at radius 2 is 2.00 bits per heavy atom. The molecular weight excluding hydrogens is 312 g/mol. The molecular formula is C13H12BF3N4O2. The van der Waals surface area contributed by atoms with Crippen LogP contribution in [0.1, 0.15) is 28.5 Å². The normalized spacial score (nSPS) is 12.9. The van der Waals surface area contributed by atoms with Gasteiger partial charge in [0.2, 0.25) is 0 Å². The van der Waals surface area contributed by atoms with Gasteiger partial charge in [0.15, 0.2) is 0 Å². The lowest BCUT2D eigenvalue weighted by molar-refractivity contribution is -0.132. The Kier molecular flexibility index (Phi) is 5.04. The van der Waals surface area contributed by atoms with E-state index >= 15 is 0 Å². The van der Waals surface area contributed by atoms with E-state index < -0.39 is 31.1 Å². The van der Waals surface area contributed by atoms with Crippen molar-refractivity contribution in [2.24, 2.45) is 0 Å². The molecule has 1 amide bonds. The molecule has 0 fully saturated rings. The van der Waals surface area contributed by atoms with Crippen molar-refractivity contribution in [1.29, 1.82) is 0 Å². The number of carbonyl (C=O) groups is 1. The molecule has 2 N–H and O–H groups in total. The number of amides is 1. The third-order valence-corrected chi connectivity index (χ3v) is 2.90. The van der Waals surface area contributed by atoms with Gasteiger partial charge in [-0.3, -0.25) is 4.79 Å². The Bertz CT molecular complexity index is 671. The molecule has 0 aliphatic heterocycles. The van der Waals surface area contributed by atoms with Gasteiger partial charge in [-0.2, -0.15) is 13.2 Å². The highest BCUT2D eigenvalue weighted by atomic mass is 19.4. The van der Waals surface area contributed by atoms with Gasteiger partial charge in [0.05, 0.1) is 24.3 Å². The predicted molar refractivity (Wildman–Crippen MR) is 75.1 cm³/mol. The second-order valence-electron chi connectivity index (χ2n) is 4.70. The molecule has 2 aromatic rings. The zero-order valence-corrected chi connectivity index (χ0v) is 11.8. The highest BCUT2D eigenvalue weighted by Gasteiger charge is 2.26. The van der Waals surface area contributed by atoms with Crippen molar-refractivity contribution in [1.82, 2.24) is 20.3 Å². The monoisotopic (exact) mass is 324 g/mol. The summed E-state index contributed by atoms with van der Waals surface area (Å²) in [5.41, 5.74) is 0.949. The number of aliphatic hydroxyl groups excluding tert-OH is 1. The molecule has 1 heterocycles. The molecule has 0 spiro atoms. The maximum atomic E-state index is 12.0. The first-order valence-electron chi connectivity index (χ1n) is 6.57. The third kappa shape index (κ3) is 4.81. The first kappa shape index (κ1) is 17.0. The van der Waals surface area contributed by atoms with Gasteiger partial charge in [0.25, 0.3) is 5.91 Å². The van der Waals surface area contributed by atoms with Gasteiger partial charge in [0, 0.05) is 12.1 Å². The molecule has 1 atom stereocenters. The maximum absolute atomic E-state index is 12.0. The van der Waals surface area contributed by atoms with Crippen LogP contribution in [0.4, 0.5) is 13.2 Å². The Balaban J connectivity index is 1.99. The number of hydrogen-bond donors (Lipinski definition) is 2. The number of aromatic nitrogens is 3. The van der Waals surface area contributed by atoms with Gasteiger partial charge in [-0.1, -0.05) is 5.21 Å². The number of hydrogen-bond acceptors (Lipinski definition) is 4. The van der Waals surface area contributed by atoms with Crippen LogP contribution < -0.4 is 5.32 Å². The SMILES string of the molecule is [B]C(O)c1cn(-c2ccc(C(=O)NCCC(F)(F)F)cc2)nn1. The topological polar surface area (TPSA) is 80.0 Å². The molecule has 10 heteroatoms. The van der Waals surface area contributed by atoms with Gasteiger partial charge in [-0.25, -0.2) is 4.68 Å². The highest BCUT2D eigenvalue weighted by Crippen LogP contribution is 2.18. The highest BCUT2D eigenvalue weighted by molar-refractivity contribution is 6.10. The van der Waals surface area contributed by atoms with Crippen LogP contribution in [-0.4, -0.2) is 46.6 Å². The number of rotatable bonds is 5. The summed E-state index contributed by atoms with van der Waals surface area (Å²) < 4.78 is 37.4. The van der Waals surface area contributed by atoms with Crippen LogP contribution in [-0.2, 0) is 0 Å². The fourth-order valence-electron chi connectivity index (χ4n) is 1.72. The number of nitrogens with zero attached hydrogens (tertiary/aromatic N) is 3. The first-order valence-corrected chi connectivity index (χ1v) is 6.57. The number of nitrogens with one attached hydrogen (secondary N) is 1. The van der Waals surface area contributed by atoms with Gasteiger partial charge in [-0.15, -0.1) is 5.10 Å². The smallest absolute Gasteiger partial charge is 0.390 e. The second-order valence-corrected chi connectivity index (χ2v) is 4.70. The summed E-state index contributed by atoms with van der Waals surface area (Å²) >= 11 is 0. The summed E-state index contributed by atoms with van der Waals surface area (Å²) in [7, 11) is 5.25. The minimum absolute atomic E-state index is 0.180. The molecule has 6 nitrogen and oxygen atoms in total. The lowest BCUT2D eigenvalue weighted by atomic mass is 9.98. The molecule has 23 heavy (non-hydrogen) atoms. The van der Waals surface area contributed by atoms with Crippen molar-refractivity contribution in [3.63, 3.8) is 0 Å². The molecule has 1 aromatic carbocycles. The summed E-state index contributed by atoms with van der Waals surface area (Å²) in [5, 5.41) is 18.8. The molecule has 0 saturated carbocycles. The number of alkyl halides is 3. The van der Waals surface area contributed by atoms with Gasteiger partial charge < -0.3 is 10.4 Å². The average molecular weight is 324 g/mol. The standard InChI is InChI=1S/C13H12BF3N4O2/c14-11(22)10-7-21(20-19-10)9-3-1-8(2-4-9)12(23)18-6-5-13(15,16)17/h1-4,7,11,22H,5-6H2,(H,18,23). The van der Waals surface area contributed by atoms with E-state index in [-0.39, 0.29) is 11.3 Å². The zero-order chi connectivity index (χ0) is 17.0. The van der Waals surface area contributed by atoms with Crippen LogP contribution in [0.2, 0.25) is 0 Å². The van der Waals surface area contributed by atoms with E-state index in [1.807, 2.05) is 0 Å². The Labute approximate surface area is 130 Å². The van der Waals surface area contributed by atoms with Crippen LogP contribution in [0, 0.1) is 0 Å². The lowest BCUT2D eigenvalue weighted by Gasteiger charge is -2.08. The fourth-order valence-corrected chi connectivity index (χ4v) is 1.72. The summed E-state index contributed by atoms with van der Waals surface area (Å²) in [4.78, 5) is 11.7. The van der Waals surface area contributed by atoms with Crippen LogP contribution in [0.5, 0.6) is 0 Å². The minimum atomic E-state index is -4.31. The number of halogens is 3. The zero-order valence-electron chi connectivity index (χ0n) is 11.8.